The van der Waals surface area contributed by atoms with Crippen molar-refractivity contribution in [2.24, 2.45) is 11.7 Å². The van der Waals surface area contributed by atoms with E-state index in [-0.39, 0.29) is 24.2 Å². The fourth-order valence-electron chi connectivity index (χ4n) is 1.65. The number of hydrogen-bond acceptors (Lipinski definition) is 5. The van der Waals surface area contributed by atoms with Crippen LogP contribution in [0.1, 0.15) is 12.5 Å². The van der Waals surface area contributed by atoms with E-state index in [2.05, 4.69) is 15.3 Å². The molecule has 1 amide bonds. The number of rotatable bonds is 5. The second kappa shape index (κ2) is 8.73. The highest BCUT2D eigenvalue weighted by molar-refractivity contribution is 7.99. The van der Waals surface area contributed by atoms with Gasteiger partial charge in [-0.25, -0.2) is 9.97 Å². The SMILES string of the molecule is Cc1cc(Sc2ncccn2)ccc1NC(=O)C(C)CN.Cl. The lowest BCUT2D eigenvalue weighted by atomic mass is 10.1. The zero-order valence-electron chi connectivity index (χ0n) is 12.4. The maximum Gasteiger partial charge on any atom is 0.228 e. The van der Waals surface area contributed by atoms with Gasteiger partial charge >= 0.3 is 0 Å². The molecule has 0 spiro atoms. The molecule has 2 aromatic rings. The van der Waals surface area contributed by atoms with Crippen molar-refractivity contribution in [1.82, 2.24) is 9.97 Å². The number of carbonyl (C=O) groups excluding carboxylic acids is 1. The molecule has 0 saturated heterocycles. The minimum absolute atomic E-state index is 0. The Hall–Kier alpha value is -1.63. The van der Waals surface area contributed by atoms with E-state index in [9.17, 15) is 4.79 Å². The van der Waals surface area contributed by atoms with Gasteiger partial charge in [0.25, 0.3) is 0 Å². The number of amides is 1. The number of anilines is 1. The van der Waals surface area contributed by atoms with E-state index in [4.69, 9.17) is 5.73 Å². The second-order valence-electron chi connectivity index (χ2n) is 4.74. The summed E-state index contributed by atoms with van der Waals surface area (Å²) in [5.74, 6) is -0.261. The van der Waals surface area contributed by atoms with E-state index in [1.54, 1.807) is 18.5 Å². The predicted molar refractivity (Wildman–Crippen MR) is 91.4 cm³/mol. The summed E-state index contributed by atoms with van der Waals surface area (Å²) >= 11 is 1.49. The molecular weight excluding hydrogens is 320 g/mol. The quantitative estimate of drug-likeness (QED) is 0.819. The largest absolute Gasteiger partial charge is 0.330 e. The normalized spacial score (nSPS) is 11.4. The first-order valence-corrected chi connectivity index (χ1v) is 7.48. The van der Waals surface area contributed by atoms with Crippen LogP contribution in [0.15, 0.2) is 46.7 Å². The number of hydrogen-bond donors (Lipinski definition) is 2. The molecule has 0 bridgehead atoms. The van der Waals surface area contributed by atoms with E-state index in [0.717, 1.165) is 16.1 Å². The van der Waals surface area contributed by atoms with Gasteiger partial charge < -0.3 is 11.1 Å². The number of benzene rings is 1. The van der Waals surface area contributed by atoms with Crippen molar-refractivity contribution in [2.75, 3.05) is 11.9 Å². The molecule has 1 heterocycles. The summed E-state index contributed by atoms with van der Waals surface area (Å²) < 4.78 is 0. The fraction of sp³-hybridized carbons (Fsp3) is 0.267. The highest BCUT2D eigenvalue weighted by Gasteiger charge is 2.12. The number of halogens is 1. The number of aromatic nitrogens is 2. The van der Waals surface area contributed by atoms with Crippen LogP contribution in [0, 0.1) is 12.8 Å². The Morgan fingerprint density at radius 3 is 2.64 bits per heavy atom. The van der Waals surface area contributed by atoms with E-state index >= 15 is 0 Å². The lowest BCUT2D eigenvalue weighted by molar-refractivity contribution is -0.119. The molecule has 1 aromatic carbocycles. The van der Waals surface area contributed by atoms with Crippen molar-refractivity contribution in [3.05, 3.63) is 42.2 Å². The molecule has 7 heteroatoms. The molecule has 2 rings (SSSR count). The second-order valence-corrected chi connectivity index (χ2v) is 5.78. The van der Waals surface area contributed by atoms with Crippen molar-refractivity contribution < 1.29 is 4.79 Å². The third-order valence-electron chi connectivity index (χ3n) is 3.01. The highest BCUT2D eigenvalue weighted by Crippen LogP contribution is 2.28. The van der Waals surface area contributed by atoms with Gasteiger partial charge in [-0.05, 0) is 48.5 Å². The van der Waals surface area contributed by atoms with Crippen molar-refractivity contribution in [1.29, 1.82) is 0 Å². The van der Waals surface area contributed by atoms with Gasteiger partial charge in [0.1, 0.15) is 0 Å². The Morgan fingerprint density at radius 1 is 1.36 bits per heavy atom. The Balaban J connectivity index is 0.00000242. The van der Waals surface area contributed by atoms with Crippen LogP contribution < -0.4 is 11.1 Å². The number of nitrogens with zero attached hydrogens (tertiary/aromatic N) is 2. The first-order chi connectivity index (χ1) is 10.1. The minimum Gasteiger partial charge on any atom is -0.330 e. The van der Waals surface area contributed by atoms with Crippen LogP contribution in [0.4, 0.5) is 5.69 Å². The van der Waals surface area contributed by atoms with E-state index in [1.807, 2.05) is 32.0 Å². The molecular formula is C15H19ClN4OS. The molecule has 0 aliphatic carbocycles. The summed E-state index contributed by atoms with van der Waals surface area (Å²) in [5, 5.41) is 3.59. The lowest BCUT2D eigenvalue weighted by Crippen LogP contribution is -2.26. The van der Waals surface area contributed by atoms with Crippen molar-refractivity contribution >= 4 is 35.8 Å². The van der Waals surface area contributed by atoms with Gasteiger partial charge in [-0.2, -0.15) is 0 Å². The first kappa shape index (κ1) is 18.4. The molecule has 0 radical (unpaired) electrons. The summed E-state index contributed by atoms with van der Waals surface area (Å²) in [4.78, 5) is 21.2. The number of nitrogens with one attached hydrogen (secondary N) is 1. The van der Waals surface area contributed by atoms with Crippen LogP contribution in [0.3, 0.4) is 0 Å². The Bertz CT molecular complexity index is 624. The lowest BCUT2D eigenvalue weighted by Gasteiger charge is -2.12. The monoisotopic (exact) mass is 338 g/mol. The third-order valence-corrected chi connectivity index (χ3v) is 3.89. The van der Waals surface area contributed by atoms with Gasteiger partial charge in [0.2, 0.25) is 5.91 Å². The third kappa shape index (κ3) is 4.98. The van der Waals surface area contributed by atoms with Gasteiger partial charge in [0.05, 0.1) is 0 Å². The average Bonchev–Trinajstić information content (AvgIpc) is 2.50. The van der Waals surface area contributed by atoms with E-state index in [1.165, 1.54) is 11.8 Å². The van der Waals surface area contributed by atoms with Crippen LogP contribution in [-0.4, -0.2) is 22.4 Å². The number of aryl methyl sites for hydroxylation is 1. The van der Waals surface area contributed by atoms with E-state index in [0.29, 0.717) is 11.7 Å². The molecule has 5 nitrogen and oxygen atoms in total. The van der Waals surface area contributed by atoms with Crippen LogP contribution >= 0.6 is 24.2 Å². The van der Waals surface area contributed by atoms with Crippen molar-refractivity contribution in [3.63, 3.8) is 0 Å². The Morgan fingerprint density at radius 2 is 2.05 bits per heavy atom. The Kier molecular flexibility index (Phi) is 7.31. The zero-order chi connectivity index (χ0) is 15.2. The molecule has 1 unspecified atom stereocenters. The summed E-state index contributed by atoms with van der Waals surface area (Å²) in [6.07, 6.45) is 3.43. The van der Waals surface area contributed by atoms with Gasteiger partial charge in [0, 0.05) is 35.4 Å². The Labute approximate surface area is 140 Å². The smallest absolute Gasteiger partial charge is 0.228 e. The summed E-state index contributed by atoms with van der Waals surface area (Å²) in [5.41, 5.74) is 7.29. The molecule has 0 aliphatic rings. The number of carbonyl (C=O) groups is 1. The highest BCUT2D eigenvalue weighted by atomic mass is 35.5. The van der Waals surface area contributed by atoms with Gasteiger partial charge in [0.15, 0.2) is 5.16 Å². The van der Waals surface area contributed by atoms with Crippen LogP contribution in [0.5, 0.6) is 0 Å². The molecule has 0 saturated carbocycles. The van der Waals surface area contributed by atoms with Crippen LogP contribution in [0.25, 0.3) is 0 Å². The predicted octanol–water partition coefficient (Wildman–Crippen LogP) is 2.89. The van der Waals surface area contributed by atoms with Crippen molar-refractivity contribution in [3.8, 4) is 0 Å². The molecule has 3 N–H and O–H groups in total. The molecule has 1 aromatic heterocycles. The first-order valence-electron chi connectivity index (χ1n) is 6.66. The topological polar surface area (TPSA) is 80.9 Å². The number of nitrogens with two attached hydrogens (primary N) is 1. The van der Waals surface area contributed by atoms with Gasteiger partial charge in [-0.3, -0.25) is 4.79 Å². The maximum atomic E-state index is 11.9. The molecule has 0 fully saturated rings. The van der Waals surface area contributed by atoms with Gasteiger partial charge in [-0.1, -0.05) is 6.92 Å². The molecule has 1 atom stereocenters. The minimum atomic E-state index is -0.198. The molecule has 0 aliphatic heterocycles. The van der Waals surface area contributed by atoms with Crippen LogP contribution in [0.2, 0.25) is 0 Å². The van der Waals surface area contributed by atoms with Crippen molar-refractivity contribution in [2.45, 2.75) is 23.9 Å². The fourth-order valence-corrected chi connectivity index (χ4v) is 2.46. The average molecular weight is 339 g/mol. The molecule has 118 valence electrons. The van der Waals surface area contributed by atoms with Crippen LogP contribution in [-0.2, 0) is 4.79 Å². The zero-order valence-corrected chi connectivity index (χ0v) is 14.1. The van der Waals surface area contributed by atoms with E-state index < -0.39 is 0 Å². The summed E-state index contributed by atoms with van der Waals surface area (Å²) in [6.45, 7) is 4.10. The standard InChI is InChI=1S/C15H18N4OS.ClH/c1-10-8-12(21-15-17-6-3-7-18-15)4-5-13(10)19-14(20)11(2)9-16;/h3-8,11H,9,16H2,1-2H3,(H,19,20);1H. The maximum absolute atomic E-state index is 11.9. The molecule has 22 heavy (non-hydrogen) atoms. The summed E-state index contributed by atoms with van der Waals surface area (Å²) in [7, 11) is 0. The summed E-state index contributed by atoms with van der Waals surface area (Å²) in [6, 6.07) is 7.62. The van der Waals surface area contributed by atoms with Gasteiger partial charge in [-0.15, -0.1) is 12.4 Å².